The highest BCUT2D eigenvalue weighted by Gasteiger charge is 2.27. The molecule has 0 heterocycles. The van der Waals surface area contributed by atoms with Gasteiger partial charge in [0.2, 0.25) is 0 Å². The lowest BCUT2D eigenvalue weighted by atomic mass is 10.1. The normalized spacial score (nSPS) is 11.6. The molecular weight excluding hydrogens is 502 g/mol. The highest BCUT2D eigenvalue weighted by Crippen LogP contribution is 2.28. The summed E-state index contributed by atoms with van der Waals surface area (Å²) < 4.78 is 38.6. The zero-order valence-electron chi connectivity index (χ0n) is 20.5. The third-order valence-electron chi connectivity index (χ3n) is 5.38. The maximum absolute atomic E-state index is 13.5. The molecule has 0 atom stereocenters. The Morgan fingerprint density at radius 1 is 0.972 bits per heavy atom. The van der Waals surface area contributed by atoms with Gasteiger partial charge in [0, 0.05) is 10.6 Å². The smallest absolute Gasteiger partial charge is 0.264 e. The minimum atomic E-state index is -4.04. The number of hydrogen-bond donors (Lipinski definition) is 1. The Morgan fingerprint density at radius 2 is 1.61 bits per heavy atom. The van der Waals surface area contributed by atoms with Crippen LogP contribution in [-0.4, -0.2) is 40.8 Å². The molecule has 0 spiro atoms. The van der Waals surface area contributed by atoms with Crippen molar-refractivity contribution in [1.82, 2.24) is 5.43 Å². The minimum Gasteiger partial charge on any atom is -0.493 e. The molecule has 0 aliphatic heterocycles. The van der Waals surface area contributed by atoms with Gasteiger partial charge in [-0.05, 0) is 67.9 Å². The van der Waals surface area contributed by atoms with E-state index in [2.05, 4.69) is 10.5 Å². The number of ether oxygens (including phenoxy) is 2. The zero-order chi connectivity index (χ0) is 26.3. The van der Waals surface area contributed by atoms with E-state index in [1.54, 1.807) is 61.7 Å². The fraction of sp³-hybridized carbons (Fsp3) is 0.231. The number of rotatable bonds is 10. The second kappa shape index (κ2) is 11.9. The number of amides is 1. The van der Waals surface area contributed by atoms with Crippen molar-refractivity contribution in [3.05, 3.63) is 82.9 Å². The Hall–Kier alpha value is -3.56. The average Bonchev–Trinajstić information content (AvgIpc) is 2.88. The number of carbonyl (C=O) groups is 1. The molecule has 36 heavy (non-hydrogen) atoms. The molecule has 0 fully saturated rings. The topological polar surface area (TPSA) is 97.3 Å². The van der Waals surface area contributed by atoms with E-state index < -0.39 is 22.5 Å². The van der Waals surface area contributed by atoms with Crippen LogP contribution in [0.15, 0.2) is 76.7 Å². The molecule has 3 aromatic carbocycles. The molecule has 1 amide bonds. The van der Waals surface area contributed by atoms with Gasteiger partial charge in [0.25, 0.3) is 15.9 Å². The summed E-state index contributed by atoms with van der Waals surface area (Å²) in [6.45, 7) is 3.27. The van der Waals surface area contributed by atoms with Gasteiger partial charge in [-0.2, -0.15) is 5.10 Å². The number of aryl methyl sites for hydroxylation is 1. The molecule has 10 heteroatoms. The molecule has 1 N–H and O–H groups in total. The quantitative estimate of drug-likeness (QED) is 0.301. The lowest BCUT2D eigenvalue weighted by Crippen LogP contribution is -2.39. The number of nitrogens with one attached hydrogen (secondary N) is 1. The molecule has 0 bridgehead atoms. The van der Waals surface area contributed by atoms with Gasteiger partial charge in [0.1, 0.15) is 6.54 Å². The summed E-state index contributed by atoms with van der Waals surface area (Å²) in [5.41, 5.74) is 5.03. The summed E-state index contributed by atoms with van der Waals surface area (Å²) in [6, 6.07) is 18.0. The Balaban J connectivity index is 1.88. The predicted molar refractivity (Wildman–Crippen MR) is 142 cm³/mol. The first-order valence-corrected chi connectivity index (χ1v) is 12.9. The third-order valence-corrected chi connectivity index (χ3v) is 7.42. The molecular formula is C26H28ClN3O5S. The second-order valence-corrected chi connectivity index (χ2v) is 10.1. The van der Waals surface area contributed by atoms with Crippen molar-refractivity contribution >= 4 is 38.9 Å². The maximum atomic E-state index is 13.5. The summed E-state index contributed by atoms with van der Waals surface area (Å²) in [5.74, 6) is 0.494. The van der Waals surface area contributed by atoms with Crippen LogP contribution < -0.4 is 19.2 Å². The third kappa shape index (κ3) is 6.35. The highest BCUT2D eigenvalue weighted by atomic mass is 35.5. The van der Waals surface area contributed by atoms with Crippen molar-refractivity contribution in [2.45, 2.75) is 25.2 Å². The lowest BCUT2D eigenvalue weighted by molar-refractivity contribution is -0.119. The fourth-order valence-electron chi connectivity index (χ4n) is 3.42. The van der Waals surface area contributed by atoms with E-state index >= 15 is 0 Å². The Labute approximate surface area is 216 Å². The number of methoxy groups -OCH3 is 2. The van der Waals surface area contributed by atoms with Gasteiger partial charge in [-0.15, -0.1) is 0 Å². The van der Waals surface area contributed by atoms with E-state index in [9.17, 15) is 13.2 Å². The van der Waals surface area contributed by atoms with E-state index in [1.165, 1.54) is 19.2 Å². The van der Waals surface area contributed by atoms with Gasteiger partial charge >= 0.3 is 0 Å². The number of anilines is 1. The summed E-state index contributed by atoms with van der Waals surface area (Å²) >= 11 is 5.99. The SMILES string of the molecule is CC/C(=N/NC(=O)CN(c1ccc(Cl)cc1)S(=O)(=O)c1ccc(C)cc1)c1ccc(OC)c(OC)c1. The molecule has 0 saturated heterocycles. The first-order valence-electron chi connectivity index (χ1n) is 11.1. The summed E-state index contributed by atoms with van der Waals surface area (Å²) in [6.07, 6.45) is 0.512. The predicted octanol–water partition coefficient (Wildman–Crippen LogP) is 4.79. The molecule has 0 aliphatic rings. The molecule has 0 aliphatic carbocycles. The van der Waals surface area contributed by atoms with Crippen LogP contribution in [0.5, 0.6) is 11.5 Å². The Kier molecular flexibility index (Phi) is 8.95. The van der Waals surface area contributed by atoms with E-state index in [4.69, 9.17) is 21.1 Å². The van der Waals surface area contributed by atoms with Gasteiger partial charge in [0.05, 0.1) is 30.5 Å². The Morgan fingerprint density at radius 3 is 2.19 bits per heavy atom. The molecule has 0 unspecified atom stereocenters. The van der Waals surface area contributed by atoms with E-state index in [-0.39, 0.29) is 4.90 Å². The van der Waals surface area contributed by atoms with Crippen LogP contribution in [-0.2, 0) is 14.8 Å². The first-order chi connectivity index (χ1) is 17.2. The van der Waals surface area contributed by atoms with Crippen molar-refractivity contribution in [2.24, 2.45) is 5.10 Å². The van der Waals surface area contributed by atoms with E-state index in [0.717, 1.165) is 15.4 Å². The van der Waals surface area contributed by atoms with E-state index in [1.807, 2.05) is 13.8 Å². The van der Waals surface area contributed by atoms with Crippen LogP contribution in [0.3, 0.4) is 0 Å². The molecule has 0 radical (unpaired) electrons. The van der Waals surface area contributed by atoms with Crippen molar-refractivity contribution < 1.29 is 22.7 Å². The zero-order valence-corrected chi connectivity index (χ0v) is 22.1. The number of carbonyl (C=O) groups excluding carboxylic acids is 1. The van der Waals surface area contributed by atoms with Crippen LogP contribution in [0.4, 0.5) is 5.69 Å². The average molecular weight is 530 g/mol. The summed E-state index contributed by atoms with van der Waals surface area (Å²) in [7, 11) is -0.962. The van der Waals surface area contributed by atoms with Crippen LogP contribution in [0.2, 0.25) is 5.02 Å². The van der Waals surface area contributed by atoms with Gasteiger partial charge in [-0.25, -0.2) is 13.8 Å². The number of benzene rings is 3. The van der Waals surface area contributed by atoms with Crippen molar-refractivity contribution in [2.75, 3.05) is 25.1 Å². The van der Waals surface area contributed by atoms with Crippen LogP contribution in [0, 0.1) is 6.92 Å². The highest BCUT2D eigenvalue weighted by molar-refractivity contribution is 7.92. The van der Waals surface area contributed by atoms with Crippen LogP contribution in [0.1, 0.15) is 24.5 Å². The lowest BCUT2D eigenvalue weighted by Gasteiger charge is -2.24. The van der Waals surface area contributed by atoms with Gasteiger partial charge in [0.15, 0.2) is 11.5 Å². The van der Waals surface area contributed by atoms with Crippen molar-refractivity contribution in [1.29, 1.82) is 0 Å². The van der Waals surface area contributed by atoms with Crippen LogP contribution >= 0.6 is 11.6 Å². The van der Waals surface area contributed by atoms with Gasteiger partial charge in [-0.1, -0.05) is 36.2 Å². The fourth-order valence-corrected chi connectivity index (χ4v) is 4.97. The van der Waals surface area contributed by atoms with Gasteiger partial charge in [-0.3, -0.25) is 9.10 Å². The number of hydrogen-bond acceptors (Lipinski definition) is 6. The number of sulfonamides is 1. The Bertz CT molecular complexity index is 1340. The van der Waals surface area contributed by atoms with Crippen molar-refractivity contribution in [3.63, 3.8) is 0 Å². The standard InChI is InChI=1S/C26H28ClN3O5S/c1-5-23(19-8-15-24(34-3)25(16-19)35-4)28-29-26(31)17-30(21-11-9-20(27)10-12-21)36(32,33)22-13-6-18(2)7-14-22/h6-16H,5,17H2,1-4H3,(H,29,31)/b28-23-. The second-order valence-electron chi connectivity index (χ2n) is 7.82. The van der Waals surface area contributed by atoms with Gasteiger partial charge < -0.3 is 9.47 Å². The molecule has 8 nitrogen and oxygen atoms in total. The summed E-state index contributed by atoms with van der Waals surface area (Å²) in [5, 5.41) is 4.70. The van der Waals surface area contributed by atoms with Crippen LogP contribution in [0.25, 0.3) is 0 Å². The molecule has 3 aromatic rings. The monoisotopic (exact) mass is 529 g/mol. The minimum absolute atomic E-state index is 0.0685. The molecule has 0 aromatic heterocycles. The largest absolute Gasteiger partial charge is 0.493 e. The summed E-state index contributed by atoms with van der Waals surface area (Å²) in [4.78, 5) is 13.0. The first kappa shape index (κ1) is 27.0. The molecule has 0 saturated carbocycles. The number of nitrogens with zero attached hydrogens (tertiary/aromatic N) is 2. The van der Waals surface area contributed by atoms with Crippen molar-refractivity contribution in [3.8, 4) is 11.5 Å². The molecule has 3 rings (SSSR count). The number of hydrazone groups is 1. The maximum Gasteiger partial charge on any atom is 0.264 e. The van der Waals surface area contributed by atoms with E-state index in [0.29, 0.717) is 34.3 Å². The molecule has 190 valence electrons. The number of halogens is 1.